The van der Waals surface area contributed by atoms with Crippen molar-refractivity contribution in [3.05, 3.63) is 53.7 Å². The van der Waals surface area contributed by atoms with Crippen LogP contribution in [0.2, 0.25) is 5.02 Å². The number of carbonyl (C=O) groups is 2. The Kier molecular flexibility index (Phi) is 4.13. The number of anilines is 2. The average molecular weight is 411 g/mol. The number of nitrogens with zero attached hydrogens (tertiary/aromatic N) is 2. The fourth-order valence-corrected chi connectivity index (χ4v) is 3.54. The smallest absolute Gasteiger partial charge is 0.249 e. The second-order valence-corrected chi connectivity index (χ2v) is 7.12. The van der Waals surface area contributed by atoms with E-state index >= 15 is 0 Å². The quantitative estimate of drug-likeness (QED) is 0.689. The van der Waals surface area contributed by atoms with Crippen LogP contribution in [0, 0.1) is 0 Å². The summed E-state index contributed by atoms with van der Waals surface area (Å²) in [5.41, 5.74) is 2.11. The summed E-state index contributed by atoms with van der Waals surface area (Å²) in [6.07, 6.45) is 1.62. The topological polar surface area (TPSA) is 94.5 Å². The maximum absolute atomic E-state index is 12.9. The van der Waals surface area contributed by atoms with Crippen LogP contribution in [0.25, 0.3) is 11.1 Å². The first kappa shape index (κ1) is 17.6. The predicted octanol–water partition coefficient (Wildman–Crippen LogP) is 3.45. The van der Waals surface area contributed by atoms with Crippen molar-refractivity contribution in [3.8, 4) is 22.6 Å². The number of ether oxygens (including phenoxy) is 2. The van der Waals surface area contributed by atoms with E-state index in [9.17, 15) is 9.59 Å². The molecule has 9 heteroatoms. The van der Waals surface area contributed by atoms with Gasteiger partial charge in [-0.2, -0.15) is 5.10 Å². The Morgan fingerprint density at radius 2 is 1.97 bits per heavy atom. The minimum atomic E-state index is -0.773. The lowest BCUT2D eigenvalue weighted by Gasteiger charge is -2.24. The van der Waals surface area contributed by atoms with Gasteiger partial charge < -0.3 is 20.1 Å². The molecule has 2 aromatic carbocycles. The first-order valence-electron chi connectivity index (χ1n) is 8.92. The highest BCUT2D eigenvalue weighted by molar-refractivity contribution is 6.30. The minimum Gasteiger partial charge on any atom is -0.454 e. The number of benzene rings is 2. The molecule has 0 saturated carbocycles. The van der Waals surface area contributed by atoms with E-state index in [4.69, 9.17) is 21.1 Å². The van der Waals surface area contributed by atoms with Gasteiger partial charge in [0.05, 0.1) is 12.6 Å². The first-order chi connectivity index (χ1) is 14.1. The van der Waals surface area contributed by atoms with Crippen molar-refractivity contribution in [1.29, 1.82) is 0 Å². The molecule has 0 saturated heterocycles. The largest absolute Gasteiger partial charge is 0.454 e. The molecule has 146 valence electrons. The van der Waals surface area contributed by atoms with E-state index in [2.05, 4.69) is 15.7 Å². The summed E-state index contributed by atoms with van der Waals surface area (Å²) in [5.74, 6) is 1.08. The third kappa shape index (κ3) is 3.17. The fourth-order valence-electron chi connectivity index (χ4n) is 3.41. The molecule has 29 heavy (non-hydrogen) atoms. The molecule has 0 bridgehead atoms. The molecule has 0 aliphatic carbocycles. The van der Waals surface area contributed by atoms with Crippen LogP contribution in [0.1, 0.15) is 12.5 Å². The van der Waals surface area contributed by atoms with Crippen LogP contribution in [-0.2, 0) is 9.59 Å². The summed E-state index contributed by atoms with van der Waals surface area (Å²) in [6, 6.07) is 11.5. The zero-order valence-electron chi connectivity index (χ0n) is 15.0. The average Bonchev–Trinajstić information content (AvgIpc) is 3.34. The maximum atomic E-state index is 12.9. The van der Waals surface area contributed by atoms with Crippen LogP contribution in [0.4, 0.5) is 11.5 Å². The van der Waals surface area contributed by atoms with Gasteiger partial charge in [0.1, 0.15) is 11.9 Å². The number of halogens is 1. The molecule has 0 spiro atoms. The van der Waals surface area contributed by atoms with Crippen molar-refractivity contribution in [2.24, 2.45) is 0 Å². The van der Waals surface area contributed by atoms with Gasteiger partial charge in [0.25, 0.3) is 0 Å². The number of aromatic nitrogens is 2. The van der Waals surface area contributed by atoms with E-state index < -0.39 is 6.04 Å². The summed E-state index contributed by atoms with van der Waals surface area (Å²) < 4.78 is 12.1. The molecule has 2 amide bonds. The molecule has 2 aliphatic heterocycles. The third-order valence-corrected chi connectivity index (χ3v) is 5.08. The molecule has 5 rings (SSSR count). The van der Waals surface area contributed by atoms with Crippen molar-refractivity contribution in [1.82, 2.24) is 9.78 Å². The summed E-state index contributed by atoms with van der Waals surface area (Å²) in [4.78, 5) is 25.2. The Balaban J connectivity index is 1.44. The molecule has 3 aromatic rings. The SMILES string of the molecule is O=C1CC(C(=O)Nc2ccc3c(c2)OCO3)n2ncc(-c3ccc(Cl)cc3)c2N1. The lowest BCUT2D eigenvalue weighted by Crippen LogP contribution is -2.35. The Morgan fingerprint density at radius 1 is 1.17 bits per heavy atom. The van der Waals surface area contributed by atoms with Gasteiger partial charge in [-0.3, -0.25) is 9.59 Å². The van der Waals surface area contributed by atoms with Gasteiger partial charge in [0.15, 0.2) is 11.5 Å². The van der Waals surface area contributed by atoms with Crippen LogP contribution in [-0.4, -0.2) is 28.4 Å². The van der Waals surface area contributed by atoms with Crippen molar-refractivity contribution in [2.75, 3.05) is 17.4 Å². The van der Waals surface area contributed by atoms with Crippen LogP contribution >= 0.6 is 11.6 Å². The molecule has 1 atom stereocenters. The summed E-state index contributed by atoms with van der Waals surface area (Å²) >= 11 is 5.96. The highest BCUT2D eigenvalue weighted by Gasteiger charge is 2.33. The standard InChI is InChI=1S/C20H15ClN4O4/c21-12-3-1-11(2-4-12)14-9-22-25-15(8-18(26)24-19(14)25)20(27)23-13-5-6-16-17(7-13)29-10-28-16/h1-7,9,15H,8,10H2,(H,23,27)(H,24,26). The maximum Gasteiger partial charge on any atom is 0.249 e. The molecule has 8 nitrogen and oxygen atoms in total. The zero-order chi connectivity index (χ0) is 20.0. The molecule has 0 fully saturated rings. The van der Waals surface area contributed by atoms with Gasteiger partial charge in [-0.1, -0.05) is 23.7 Å². The van der Waals surface area contributed by atoms with Gasteiger partial charge in [-0.05, 0) is 29.8 Å². The molecule has 0 radical (unpaired) electrons. The number of carbonyl (C=O) groups excluding carboxylic acids is 2. The van der Waals surface area contributed by atoms with E-state index in [0.29, 0.717) is 28.0 Å². The van der Waals surface area contributed by atoms with Gasteiger partial charge >= 0.3 is 0 Å². The minimum absolute atomic E-state index is 0.00881. The molecular formula is C20H15ClN4O4. The van der Waals surface area contributed by atoms with Gasteiger partial charge in [-0.15, -0.1) is 0 Å². The number of hydrogen-bond acceptors (Lipinski definition) is 5. The fraction of sp³-hybridized carbons (Fsp3) is 0.150. The van der Waals surface area contributed by atoms with E-state index in [1.165, 1.54) is 4.68 Å². The van der Waals surface area contributed by atoms with E-state index in [-0.39, 0.29) is 25.0 Å². The molecule has 3 heterocycles. The van der Waals surface area contributed by atoms with Crippen molar-refractivity contribution >= 4 is 34.9 Å². The van der Waals surface area contributed by atoms with Crippen LogP contribution in [0.3, 0.4) is 0 Å². The Hall–Kier alpha value is -3.52. The molecule has 2 N–H and O–H groups in total. The van der Waals surface area contributed by atoms with Gasteiger partial charge in [0.2, 0.25) is 18.6 Å². The third-order valence-electron chi connectivity index (χ3n) is 4.83. The van der Waals surface area contributed by atoms with E-state index in [0.717, 1.165) is 11.1 Å². The van der Waals surface area contributed by atoms with Crippen LogP contribution in [0.15, 0.2) is 48.7 Å². The monoisotopic (exact) mass is 410 g/mol. The number of fused-ring (bicyclic) bond motifs is 2. The number of nitrogens with one attached hydrogen (secondary N) is 2. The molecule has 1 aromatic heterocycles. The zero-order valence-corrected chi connectivity index (χ0v) is 15.8. The Bertz CT molecular complexity index is 1130. The van der Waals surface area contributed by atoms with Crippen LogP contribution in [0.5, 0.6) is 11.5 Å². The normalized spacial score (nSPS) is 16.9. The predicted molar refractivity (Wildman–Crippen MR) is 106 cm³/mol. The van der Waals surface area contributed by atoms with Crippen molar-refractivity contribution in [3.63, 3.8) is 0 Å². The second kappa shape index (κ2) is 6.82. The Labute approximate surface area is 170 Å². The number of amides is 2. The van der Waals surface area contributed by atoms with Crippen molar-refractivity contribution < 1.29 is 19.1 Å². The summed E-state index contributed by atoms with van der Waals surface area (Å²) in [5, 5.41) is 10.6. The number of hydrogen-bond donors (Lipinski definition) is 2. The highest BCUT2D eigenvalue weighted by Crippen LogP contribution is 2.36. The lowest BCUT2D eigenvalue weighted by atomic mass is 10.1. The van der Waals surface area contributed by atoms with Gasteiger partial charge in [-0.25, -0.2) is 4.68 Å². The first-order valence-corrected chi connectivity index (χ1v) is 9.30. The number of rotatable bonds is 3. The Morgan fingerprint density at radius 3 is 2.79 bits per heavy atom. The summed E-state index contributed by atoms with van der Waals surface area (Å²) in [6.45, 7) is 0.152. The van der Waals surface area contributed by atoms with Crippen LogP contribution < -0.4 is 20.1 Å². The highest BCUT2D eigenvalue weighted by atomic mass is 35.5. The van der Waals surface area contributed by atoms with E-state index in [1.807, 2.05) is 12.1 Å². The summed E-state index contributed by atoms with van der Waals surface area (Å²) in [7, 11) is 0. The molecule has 1 unspecified atom stereocenters. The lowest BCUT2D eigenvalue weighted by molar-refractivity contribution is -0.125. The molecule has 2 aliphatic rings. The molecular weight excluding hydrogens is 396 g/mol. The second-order valence-electron chi connectivity index (χ2n) is 6.68. The van der Waals surface area contributed by atoms with Crippen molar-refractivity contribution in [2.45, 2.75) is 12.5 Å². The van der Waals surface area contributed by atoms with E-state index in [1.54, 1.807) is 36.5 Å². The van der Waals surface area contributed by atoms with Gasteiger partial charge in [0, 0.05) is 22.3 Å².